The van der Waals surface area contributed by atoms with Gasteiger partial charge >= 0.3 is 5.97 Å². The van der Waals surface area contributed by atoms with Crippen LogP contribution >= 0.6 is 11.6 Å². The zero-order valence-electron chi connectivity index (χ0n) is 9.04. The molecule has 4 heteroatoms. The first-order chi connectivity index (χ1) is 7.63. The maximum atomic E-state index is 11.7. The highest BCUT2D eigenvalue weighted by Gasteiger charge is 2.19. The molecule has 2 aromatic rings. The van der Waals surface area contributed by atoms with E-state index < -0.39 is 0 Å². The van der Waals surface area contributed by atoms with E-state index in [0.717, 1.165) is 0 Å². The summed E-state index contributed by atoms with van der Waals surface area (Å²) in [5.41, 5.74) is 1.10. The normalized spacial score (nSPS) is 10.7. The molecule has 2 rings (SSSR count). The third kappa shape index (κ3) is 1.78. The second-order valence-electron chi connectivity index (χ2n) is 3.39. The summed E-state index contributed by atoms with van der Waals surface area (Å²) in [4.78, 5) is 11.7. The first-order valence-electron chi connectivity index (χ1n) is 4.99. The van der Waals surface area contributed by atoms with Crippen LogP contribution in [-0.4, -0.2) is 12.6 Å². The second-order valence-corrected chi connectivity index (χ2v) is 3.83. The summed E-state index contributed by atoms with van der Waals surface area (Å²) >= 11 is 5.89. The lowest BCUT2D eigenvalue weighted by molar-refractivity contribution is 0.0526. The predicted molar refractivity (Wildman–Crippen MR) is 61.9 cm³/mol. The third-order valence-electron chi connectivity index (χ3n) is 2.31. The molecule has 84 valence electrons. The number of halogens is 1. The Labute approximate surface area is 97.9 Å². The number of furan rings is 1. The molecule has 0 saturated heterocycles. The van der Waals surface area contributed by atoms with Crippen LogP contribution in [0.15, 0.2) is 22.6 Å². The fourth-order valence-corrected chi connectivity index (χ4v) is 1.82. The summed E-state index contributed by atoms with van der Waals surface area (Å²) in [6.45, 7) is 3.84. The van der Waals surface area contributed by atoms with Crippen LogP contribution in [0.4, 0.5) is 0 Å². The van der Waals surface area contributed by atoms with E-state index in [1.165, 1.54) is 0 Å². The molecule has 1 aromatic heterocycles. The molecule has 0 spiro atoms. The number of carbonyl (C=O) groups excluding carboxylic acids is 1. The van der Waals surface area contributed by atoms with Gasteiger partial charge in [-0.2, -0.15) is 0 Å². The first-order valence-corrected chi connectivity index (χ1v) is 5.37. The number of ether oxygens (including phenoxy) is 1. The number of hydrogen-bond acceptors (Lipinski definition) is 3. The van der Waals surface area contributed by atoms with E-state index in [1.807, 2.05) is 0 Å². The van der Waals surface area contributed by atoms with Gasteiger partial charge in [0.25, 0.3) is 0 Å². The van der Waals surface area contributed by atoms with Gasteiger partial charge in [-0.05, 0) is 32.0 Å². The van der Waals surface area contributed by atoms with Gasteiger partial charge in [0, 0.05) is 10.4 Å². The maximum absolute atomic E-state index is 11.7. The van der Waals surface area contributed by atoms with Gasteiger partial charge in [-0.25, -0.2) is 4.79 Å². The van der Waals surface area contributed by atoms with Crippen molar-refractivity contribution in [2.24, 2.45) is 0 Å². The van der Waals surface area contributed by atoms with Crippen molar-refractivity contribution in [3.05, 3.63) is 34.5 Å². The Bertz CT molecular complexity index is 542. The number of benzene rings is 1. The summed E-state index contributed by atoms with van der Waals surface area (Å²) in [7, 11) is 0. The Kier molecular flexibility index (Phi) is 2.88. The van der Waals surface area contributed by atoms with E-state index in [-0.39, 0.29) is 5.97 Å². The second kappa shape index (κ2) is 4.18. The number of rotatable bonds is 2. The van der Waals surface area contributed by atoms with Gasteiger partial charge in [-0.1, -0.05) is 11.6 Å². The van der Waals surface area contributed by atoms with Crippen molar-refractivity contribution < 1.29 is 13.9 Å². The van der Waals surface area contributed by atoms with Crippen LogP contribution in [0.1, 0.15) is 23.0 Å². The summed E-state index contributed by atoms with van der Waals surface area (Å²) < 4.78 is 10.4. The Morgan fingerprint density at radius 2 is 2.25 bits per heavy atom. The topological polar surface area (TPSA) is 39.4 Å². The van der Waals surface area contributed by atoms with Gasteiger partial charge in [0.1, 0.15) is 16.9 Å². The van der Waals surface area contributed by atoms with Crippen LogP contribution in [0.2, 0.25) is 5.02 Å². The number of esters is 1. The SMILES string of the molecule is CCOC(=O)c1c(C)oc2ccc(Cl)cc12. The van der Waals surface area contributed by atoms with Crippen LogP contribution in [0.25, 0.3) is 11.0 Å². The van der Waals surface area contributed by atoms with Gasteiger partial charge in [-0.15, -0.1) is 0 Å². The lowest BCUT2D eigenvalue weighted by Gasteiger charge is -2.00. The molecule has 0 radical (unpaired) electrons. The van der Waals surface area contributed by atoms with E-state index in [1.54, 1.807) is 32.0 Å². The minimum absolute atomic E-state index is 0.339. The van der Waals surface area contributed by atoms with Crippen LogP contribution in [0, 0.1) is 6.92 Å². The number of aryl methyl sites for hydroxylation is 1. The van der Waals surface area contributed by atoms with Crippen molar-refractivity contribution in [1.82, 2.24) is 0 Å². The molecule has 3 nitrogen and oxygen atoms in total. The van der Waals surface area contributed by atoms with Crippen LogP contribution in [0.3, 0.4) is 0 Å². The van der Waals surface area contributed by atoms with Gasteiger partial charge < -0.3 is 9.15 Å². The van der Waals surface area contributed by atoms with Crippen molar-refractivity contribution in [2.75, 3.05) is 6.61 Å². The first kappa shape index (κ1) is 11.0. The average Bonchev–Trinajstić information content (AvgIpc) is 2.53. The molecular formula is C12H11ClO3. The lowest BCUT2D eigenvalue weighted by Crippen LogP contribution is -2.05. The average molecular weight is 239 g/mol. The Morgan fingerprint density at radius 1 is 1.50 bits per heavy atom. The summed E-state index contributed by atoms with van der Waals surface area (Å²) in [5, 5.41) is 1.27. The van der Waals surface area contributed by atoms with E-state index in [4.69, 9.17) is 20.8 Å². The van der Waals surface area contributed by atoms with Crippen LogP contribution in [-0.2, 0) is 4.74 Å². The lowest BCUT2D eigenvalue weighted by atomic mass is 10.1. The van der Waals surface area contributed by atoms with E-state index in [9.17, 15) is 4.79 Å². The van der Waals surface area contributed by atoms with Crippen molar-refractivity contribution >= 4 is 28.5 Å². The zero-order valence-corrected chi connectivity index (χ0v) is 9.80. The standard InChI is InChI=1S/C12H11ClO3/c1-3-15-12(14)11-7(2)16-10-5-4-8(13)6-9(10)11/h4-6H,3H2,1-2H3. The molecule has 0 unspecified atom stereocenters. The van der Waals surface area contributed by atoms with Crippen molar-refractivity contribution in [1.29, 1.82) is 0 Å². The molecule has 0 atom stereocenters. The van der Waals surface area contributed by atoms with Crippen LogP contribution < -0.4 is 0 Å². The Balaban J connectivity index is 2.62. The third-order valence-corrected chi connectivity index (χ3v) is 2.54. The maximum Gasteiger partial charge on any atom is 0.342 e. The van der Waals surface area contributed by atoms with Gasteiger partial charge in [0.05, 0.1) is 6.61 Å². The molecule has 0 N–H and O–H groups in total. The molecule has 0 aliphatic heterocycles. The summed E-state index contributed by atoms with van der Waals surface area (Å²) in [5.74, 6) is 0.178. The quantitative estimate of drug-likeness (QED) is 0.751. The molecule has 0 saturated carbocycles. The van der Waals surface area contributed by atoms with Crippen LogP contribution in [0.5, 0.6) is 0 Å². The van der Waals surface area contributed by atoms with Gasteiger partial charge in [-0.3, -0.25) is 0 Å². The summed E-state index contributed by atoms with van der Waals surface area (Å²) in [6, 6.07) is 5.18. The minimum Gasteiger partial charge on any atom is -0.462 e. The molecule has 0 bridgehead atoms. The highest BCUT2D eigenvalue weighted by Crippen LogP contribution is 2.28. The number of hydrogen-bond donors (Lipinski definition) is 0. The highest BCUT2D eigenvalue weighted by molar-refractivity contribution is 6.31. The molecular weight excluding hydrogens is 228 g/mol. The molecule has 1 heterocycles. The van der Waals surface area contributed by atoms with E-state index in [2.05, 4.69) is 0 Å². The van der Waals surface area contributed by atoms with E-state index in [0.29, 0.717) is 33.9 Å². The fraction of sp³-hybridized carbons (Fsp3) is 0.250. The largest absolute Gasteiger partial charge is 0.462 e. The molecule has 0 aliphatic rings. The smallest absolute Gasteiger partial charge is 0.342 e. The molecule has 0 amide bonds. The monoisotopic (exact) mass is 238 g/mol. The van der Waals surface area contributed by atoms with Crippen molar-refractivity contribution in [3.63, 3.8) is 0 Å². The molecule has 0 fully saturated rings. The van der Waals surface area contributed by atoms with Crippen molar-refractivity contribution in [3.8, 4) is 0 Å². The number of fused-ring (bicyclic) bond motifs is 1. The van der Waals surface area contributed by atoms with Crippen molar-refractivity contribution in [2.45, 2.75) is 13.8 Å². The minimum atomic E-state index is -0.374. The fourth-order valence-electron chi connectivity index (χ4n) is 1.65. The van der Waals surface area contributed by atoms with Gasteiger partial charge in [0.2, 0.25) is 0 Å². The Morgan fingerprint density at radius 3 is 2.94 bits per heavy atom. The highest BCUT2D eigenvalue weighted by atomic mass is 35.5. The zero-order chi connectivity index (χ0) is 11.7. The van der Waals surface area contributed by atoms with E-state index >= 15 is 0 Å². The predicted octanol–water partition coefficient (Wildman–Crippen LogP) is 3.57. The molecule has 16 heavy (non-hydrogen) atoms. The molecule has 1 aromatic carbocycles. The summed E-state index contributed by atoms with van der Waals surface area (Å²) in [6.07, 6.45) is 0. The van der Waals surface area contributed by atoms with Gasteiger partial charge in [0.15, 0.2) is 0 Å². The number of carbonyl (C=O) groups is 1. The Hall–Kier alpha value is -1.48. The molecule has 0 aliphatic carbocycles.